The fraction of sp³-hybridized carbons (Fsp3) is 0.250. The molecule has 0 amide bonds. The van der Waals surface area contributed by atoms with Crippen molar-refractivity contribution < 1.29 is 4.74 Å². The lowest BCUT2D eigenvalue weighted by molar-refractivity contribution is 0.412. The fourth-order valence-corrected chi connectivity index (χ4v) is 1.18. The topological polar surface area (TPSA) is 9.23 Å². The van der Waals surface area contributed by atoms with E-state index in [4.69, 9.17) is 16.3 Å². The Morgan fingerprint density at radius 1 is 1.45 bits per heavy atom. The minimum absolute atomic E-state index is 0.757. The van der Waals surface area contributed by atoms with Gasteiger partial charge in [-0.3, -0.25) is 0 Å². The molecule has 0 heterocycles. The van der Waals surface area contributed by atoms with Crippen LogP contribution in [0, 0.1) is 6.92 Å². The molecule has 0 aliphatic carbocycles. The monoisotopic (exact) mass is 168 g/mol. The summed E-state index contributed by atoms with van der Waals surface area (Å²) in [6, 6.07) is 3.85. The predicted octanol–water partition coefficient (Wildman–Crippen LogP) is 0.915. The molecule has 3 heteroatoms. The molecule has 0 fully saturated rings. The Labute approximate surface area is 72.7 Å². The van der Waals surface area contributed by atoms with E-state index >= 15 is 0 Å². The van der Waals surface area contributed by atoms with Crippen molar-refractivity contribution in [2.24, 2.45) is 0 Å². The molecule has 0 N–H and O–H groups in total. The van der Waals surface area contributed by atoms with Crippen LogP contribution in [0.5, 0.6) is 5.75 Å². The highest BCUT2D eigenvalue weighted by molar-refractivity contribution is 6.45. The van der Waals surface area contributed by atoms with Gasteiger partial charge in [0.1, 0.15) is 13.6 Å². The van der Waals surface area contributed by atoms with E-state index in [1.807, 2.05) is 26.9 Å². The van der Waals surface area contributed by atoms with E-state index in [0.29, 0.717) is 0 Å². The molecule has 0 saturated carbocycles. The van der Waals surface area contributed by atoms with Gasteiger partial charge >= 0.3 is 0 Å². The molecular formula is C8H10BClO. The van der Waals surface area contributed by atoms with Gasteiger partial charge in [0.2, 0.25) is 0 Å². The Hall–Kier alpha value is -0.625. The molecule has 0 radical (unpaired) electrons. The maximum atomic E-state index is 5.88. The zero-order chi connectivity index (χ0) is 8.43. The first-order valence-electron chi connectivity index (χ1n) is 3.46. The molecule has 1 nitrogen and oxygen atoms in total. The van der Waals surface area contributed by atoms with Crippen LogP contribution in [0.3, 0.4) is 0 Å². The summed E-state index contributed by atoms with van der Waals surface area (Å²) in [7, 11) is 3.63. The van der Waals surface area contributed by atoms with Crippen molar-refractivity contribution in [2.75, 3.05) is 7.11 Å². The largest absolute Gasteiger partial charge is 0.496 e. The van der Waals surface area contributed by atoms with E-state index in [1.165, 1.54) is 0 Å². The number of ether oxygens (including phenoxy) is 1. The van der Waals surface area contributed by atoms with Crippen LogP contribution in [-0.4, -0.2) is 15.0 Å². The van der Waals surface area contributed by atoms with E-state index in [9.17, 15) is 0 Å². The molecule has 1 aromatic carbocycles. The van der Waals surface area contributed by atoms with E-state index in [-0.39, 0.29) is 0 Å². The van der Waals surface area contributed by atoms with Crippen molar-refractivity contribution in [3.63, 3.8) is 0 Å². The predicted molar refractivity (Wildman–Crippen MR) is 50.9 cm³/mol. The average molecular weight is 168 g/mol. The van der Waals surface area contributed by atoms with Crippen molar-refractivity contribution in [3.05, 3.63) is 22.7 Å². The summed E-state index contributed by atoms with van der Waals surface area (Å²) in [4.78, 5) is 0. The van der Waals surface area contributed by atoms with Gasteiger partial charge in [-0.15, -0.1) is 0 Å². The van der Waals surface area contributed by atoms with Crippen molar-refractivity contribution in [1.29, 1.82) is 0 Å². The summed E-state index contributed by atoms with van der Waals surface area (Å²) < 4.78 is 5.10. The Balaban J connectivity index is 3.21. The lowest BCUT2D eigenvalue weighted by atomic mass is 9.94. The minimum atomic E-state index is 0.757. The fourth-order valence-electron chi connectivity index (χ4n) is 1.03. The molecule has 1 aromatic rings. The van der Waals surface area contributed by atoms with E-state index in [2.05, 4.69) is 0 Å². The van der Waals surface area contributed by atoms with E-state index in [0.717, 1.165) is 21.8 Å². The van der Waals surface area contributed by atoms with Crippen LogP contribution in [0.4, 0.5) is 0 Å². The summed E-state index contributed by atoms with van der Waals surface area (Å²) in [5, 5.41) is 0.757. The number of benzene rings is 1. The normalized spacial score (nSPS) is 9.73. The number of hydrogen-bond acceptors (Lipinski definition) is 1. The highest BCUT2D eigenvalue weighted by Gasteiger charge is 2.01. The number of aryl methyl sites for hydroxylation is 1. The summed E-state index contributed by atoms with van der Waals surface area (Å²) in [5.74, 6) is 0.848. The van der Waals surface area contributed by atoms with Gasteiger partial charge in [-0.05, 0) is 18.6 Å². The summed E-state index contributed by atoms with van der Waals surface area (Å²) in [6.07, 6.45) is 0. The molecule has 1 rings (SSSR count). The van der Waals surface area contributed by atoms with Gasteiger partial charge in [0.15, 0.2) is 0 Å². The van der Waals surface area contributed by atoms with Crippen LogP contribution in [-0.2, 0) is 0 Å². The molecule has 0 unspecified atom stereocenters. The molecule has 0 spiro atoms. The molecule has 0 aromatic heterocycles. The van der Waals surface area contributed by atoms with E-state index in [1.54, 1.807) is 7.11 Å². The summed E-state index contributed by atoms with van der Waals surface area (Å²) >= 11 is 5.88. The highest BCUT2D eigenvalue weighted by atomic mass is 35.5. The van der Waals surface area contributed by atoms with Crippen molar-refractivity contribution in [3.8, 4) is 5.75 Å². The molecule has 11 heavy (non-hydrogen) atoms. The maximum absolute atomic E-state index is 5.88. The molecule has 0 aliphatic rings. The third-order valence-corrected chi connectivity index (χ3v) is 2.08. The van der Waals surface area contributed by atoms with Gasteiger partial charge in [-0.2, -0.15) is 0 Å². The second kappa shape index (κ2) is 3.18. The third-order valence-electron chi connectivity index (χ3n) is 1.68. The Bertz CT molecular complexity index is 273. The number of methoxy groups -OCH3 is 1. The molecule has 58 valence electrons. The lowest BCUT2D eigenvalue weighted by Crippen LogP contribution is -2.05. The second-order valence-electron chi connectivity index (χ2n) is 2.57. The van der Waals surface area contributed by atoms with Crippen LogP contribution in [0.1, 0.15) is 5.56 Å². The van der Waals surface area contributed by atoms with Crippen molar-refractivity contribution in [1.82, 2.24) is 0 Å². The van der Waals surface area contributed by atoms with Gasteiger partial charge < -0.3 is 4.74 Å². The van der Waals surface area contributed by atoms with E-state index < -0.39 is 0 Å². The van der Waals surface area contributed by atoms with Crippen LogP contribution < -0.4 is 10.2 Å². The minimum Gasteiger partial charge on any atom is -0.496 e. The zero-order valence-corrected chi connectivity index (χ0v) is 7.70. The molecule has 0 bridgehead atoms. The van der Waals surface area contributed by atoms with Gasteiger partial charge in [-0.1, -0.05) is 23.1 Å². The second-order valence-corrected chi connectivity index (χ2v) is 2.98. The standard InChI is InChI=1S/C8H10BClO/c1-5-3-6(9)7(10)4-8(5)11-2/h3-4H,9H2,1-2H3. The number of rotatable bonds is 1. The number of hydrogen-bond donors (Lipinski definition) is 0. The number of halogens is 1. The lowest BCUT2D eigenvalue weighted by Gasteiger charge is -2.06. The first kappa shape index (κ1) is 8.47. The van der Waals surface area contributed by atoms with Gasteiger partial charge in [0.25, 0.3) is 0 Å². The average Bonchev–Trinajstić information content (AvgIpc) is 1.97. The zero-order valence-electron chi connectivity index (χ0n) is 6.94. The van der Waals surface area contributed by atoms with Gasteiger partial charge in [0.05, 0.1) is 7.11 Å². The molecule has 0 atom stereocenters. The SMILES string of the molecule is Bc1cc(C)c(OC)cc1Cl. The third kappa shape index (κ3) is 1.69. The van der Waals surface area contributed by atoms with Crippen LogP contribution in [0.25, 0.3) is 0 Å². The first-order valence-corrected chi connectivity index (χ1v) is 3.83. The maximum Gasteiger partial charge on any atom is 0.141 e. The Kier molecular flexibility index (Phi) is 2.45. The van der Waals surface area contributed by atoms with Crippen LogP contribution >= 0.6 is 11.6 Å². The molecular weight excluding hydrogens is 158 g/mol. The summed E-state index contributed by atoms with van der Waals surface area (Å²) in [6.45, 7) is 2.00. The Morgan fingerprint density at radius 2 is 2.09 bits per heavy atom. The molecule has 0 saturated heterocycles. The quantitative estimate of drug-likeness (QED) is 0.567. The van der Waals surface area contributed by atoms with Crippen molar-refractivity contribution in [2.45, 2.75) is 6.92 Å². The van der Waals surface area contributed by atoms with Gasteiger partial charge in [0, 0.05) is 5.02 Å². The van der Waals surface area contributed by atoms with Crippen molar-refractivity contribution >= 4 is 24.9 Å². The summed E-state index contributed by atoms with van der Waals surface area (Å²) in [5.41, 5.74) is 2.21. The smallest absolute Gasteiger partial charge is 0.141 e. The molecule has 0 aliphatic heterocycles. The van der Waals surface area contributed by atoms with Crippen LogP contribution in [0.15, 0.2) is 12.1 Å². The highest BCUT2D eigenvalue weighted by Crippen LogP contribution is 2.19. The van der Waals surface area contributed by atoms with Crippen LogP contribution in [0.2, 0.25) is 5.02 Å². The Morgan fingerprint density at radius 3 is 2.64 bits per heavy atom. The first-order chi connectivity index (χ1) is 5.15. The van der Waals surface area contributed by atoms with Gasteiger partial charge in [-0.25, -0.2) is 0 Å².